The molecule has 2 N–H and O–H groups in total. The van der Waals surface area contributed by atoms with Crippen LogP contribution in [0.5, 0.6) is 0 Å². The topological polar surface area (TPSA) is 96.4 Å². The number of rotatable bonds is 11. The first-order valence-electron chi connectivity index (χ1n) is 11.9. The Morgan fingerprint density at radius 3 is 2.46 bits per heavy atom. The Labute approximate surface area is 221 Å². The van der Waals surface area contributed by atoms with Crippen LogP contribution >= 0.6 is 11.6 Å². The number of aliphatic carboxylic acids is 1. The van der Waals surface area contributed by atoms with Crippen molar-refractivity contribution in [1.29, 1.82) is 0 Å². The summed E-state index contributed by atoms with van der Waals surface area (Å²) < 4.78 is 27.8. The predicted molar refractivity (Wildman–Crippen MR) is 147 cm³/mol. The number of carboxylic acid groups (broad SMARTS) is 1. The molecule has 1 atom stereocenters. The molecule has 0 aliphatic heterocycles. The molecule has 0 spiro atoms. The maximum atomic E-state index is 12.6. The molecule has 1 heterocycles. The largest absolute Gasteiger partial charge is 0.481 e. The summed E-state index contributed by atoms with van der Waals surface area (Å²) in [5.74, 6) is -1.54. The van der Waals surface area contributed by atoms with E-state index in [1.165, 1.54) is 24.3 Å². The highest BCUT2D eigenvalue weighted by Gasteiger charge is 2.22. The second-order valence-corrected chi connectivity index (χ2v) is 10.8. The van der Waals surface area contributed by atoms with Crippen LogP contribution in [0, 0.1) is 0 Å². The quantitative estimate of drug-likeness (QED) is 0.243. The first kappa shape index (κ1) is 26.5. The van der Waals surface area contributed by atoms with Crippen LogP contribution < -0.4 is 4.72 Å². The van der Waals surface area contributed by atoms with Crippen molar-refractivity contribution in [1.82, 2.24) is 9.71 Å². The molecular weight excluding hydrogens is 508 g/mol. The number of nitrogens with zero attached hydrogens (tertiary/aromatic N) is 1. The summed E-state index contributed by atoms with van der Waals surface area (Å²) in [7, 11) is -3.66. The zero-order valence-electron chi connectivity index (χ0n) is 20.0. The van der Waals surface area contributed by atoms with E-state index in [4.69, 9.17) is 11.6 Å². The number of hydrogen-bond acceptors (Lipinski definition) is 4. The van der Waals surface area contributed by atoms with E-state index in [1.807, 2.05) is 60.7 Å². The summed E-state index contributed by atoms with van der Waals surface area (Å²) >= 11 is 5.86. The van der Waals surface area contributed by atoms with E-state index in [9.17, 15) is 18.3 Å². The van der Waals surface area contributed by atoms with Crippen molar-refractivity contribution in [2.75, 3.05) is 6.54 Å². The van der Waals surface area contributed by atoms with Crippen molar-refractivity contribution >= 4 is 44.4 Å². The summed E-state index contributed by atoms with van der Waals surface area (Å²) in [5, 5.41) is 12.3. The zero-order chi connectivity index (χ0) is 26.3. The maximum absolute atomic E-state index is 12.6. The van der Waals surface area contributed by atoms with E-state index in [0.29, 0.717) is 24.3 Å². The van der Waals surface area contributed by atoms with Crippen LogP contribution in [0.2, 0.25) is 5.02 Å². The number of benzene rings is 3. The van der Waals surface area contributed by atoms with Gasteiger partial charge in [0.25, 0.3) is 0 Å². The molecule has 8 heteroatoms. The first-order valence-corrected chi connectivity index (χ1v) is 13.8. The highest BCUT2D eigenvalue weighted by Crippen LogP contribution is 2.32. The lowest BCUT2D eigenvalue weighted by Gasteiger charge is -2.17. The Bertz CT molecular complexity index is 1500. The fourth-order valence-corrected chi connectivity index (χ4v) is 5.45. The van der Waals surface area contributed by atoms with Gasteiger partial charge in [0.15, 0.2) is 0 Å². The molecule has 4 rings (SSSR count). The third-order valence-electron chi connectivity index (χ3n) is 6.15. The minimum atomic E-state index is -3.66. The molecule has 0 saturated heterocycles. The molecule has 3 aromatic carbocycles. The molecule has 0 radical (unpaired) electrons. The highest BCUT2D eigenvalue weighted by atomic mass is 35.5. The number of carboxylic acids is 1. The Morgan fingerprint density at radius 1 is 1.00 bits per heavy atom. The van der Waals surface area contributed by atoms with Crippen molar-refractivity contribution in [3.63, 3.8) is 0 Å². The number of aromatic nitrogens is 1. The van der Waals surface area contributed by atoms with E-state index in [2.05, 4.69) is 9.71 Å². The molecular formula is C29H27ClN2O4S. The molecule has 0 fully saturated rings. The van der Waals surface area contributed by atoms with Crippen LogP contribution in [0.15, 0.2) is 96.2 Å². The minimum Gasteiger partial charge on any atom is -0.481 e. The Morgan fingerprint density at radius 2 is 1.76 bits per heavy atom. The summed E-state index contributed by atoms with van der Waals surface area (Å²) in [6, 6.07) is 21.2. The van der Waals surface area contributed by atoms with Crippen LogP contribution in [-0.4, -0.2) is 31.0 Å². The van der Waals surface area contributed by atoms with E-state index in [0.717, 1.165) is 27.5 Å². The number of hydrogen-bond donors (Lipinski definition) is 2. The van der Waals surface area contributed by atoms with Gasteiger partial charge in [-0.3, -0.25) is 9.78 Å². The van der Waals surface area contributed by atoms with Crippen molar-refractivity contribution in [3.05, 3.63) is 113 Å². The monoisotopic (exact) mass is 534 g/mol. The second kappa shape index (κ2) is 12.1. The summed E-state index contributed by atoms with van der Waals surface area (Å²) in [6.45, 7) is 0.204. The average Bonchev–Trinajstić information content (AvgIpc) is 2.90. The molecule has 0 saturated carbocycles. The number of pyridine rings is 1. The SMILES string of the molecule is O=C(O)C(CCC=Cc1cccnc1)c1ccc(CCNS(=O)(=O)c2ccc(Cl)cc2)c2ccccc12. The van der Waals surface area contributed by atoms with Gasteiger partial charge in [-0.15, -0.1) is 0 Å². The first-order chi connectivity index (χ1) is 17.8. The van der Waals surface area contributed by atoms with Gasteiger partial charge in [0, 0.05) is 24.0 Å². The standard InChI is InChI=1S/C29H27ClN2O4S/c30-23-12-14-24(15-13-23)37(35,36)32-19-17-22-11-16-27(26-9-4-3-8-25(22)26)28(29(33)34)10-2-1-6-21-7-5-18-31-20-21/h1,3-9,11-16,18,20,28,32H,2,10,17,19H2,(H,33,34). The Kier molecular flexibility index (Phi) is 8.71. The number of carbonyl (C=O) groups is 1. The van der Waals surface area contributed by atoms with Gasteiger partial charge >= 0.3 is 5.97 Å². The molecule has 1 unspecified atom stereocenters. The van der Waals surface area contributed by atoms with Crippen LogP contribution in [0.4, 0.5) is 0 Å². The Balaban J connectivity index is 1.49. The molecule has 0 aliphatic rings. The lowest BCUT2D eigenvalue weighted by atomic mass is 9.88. The van der Waals surface area contributed by atoms with Gasteiger partial charge < -0.3 is 5.11 Å². The van der Waals surface area contributed by atoms with Gasteiger partial charge in [-0.1, -0.05) is 66.2 Å². The summed E-state index contributed by atoms with van der Waals surface area (Å²) in [6.07, 6.45) is 8.90. The normalized spacial score (nSPS) is 12.7. The van der Waals surface area contributed by atoms with Crippen LogP contribution in [-0.2, 0) is 21.2 Å². The second-order valence-electron chi connectivity index (χ2n) is 8.62. The smallest absolute Gasteiger partial charge is 0.311 e. The number of nitrogens with one attached hydrogen (secondary N) is 1. The lowest BCUT2D eigenvalue weighted by Crippen LogP contribution is -2.26. The van der Waals surface area contributed by atoms with E-state index < -0.39 is 21.9 Å². The molecule has 190 valence electrons. The van der Waals surface area contributed by atoms with Gasteiger partial charge in [-0.2, -0.15) is 0 Å². The van der Waals surface area contributed by atoms with Gasteiger partial charge in [0.1, 0.15) is 0 Å². The number of allylic oxidation sites excluding steroid dienone is 1. The fourth-order valence-electron chi connectivity index (χ4n) is 4.29. The lowest BCUT2D eigenvalue weighted by molar-refractivity contribution is -0.138. The summed E-state index contributed by atoms with van der Waals surface area (Å²) in [4.78, 5) is 16.4. The van der Waals surface area contributed by atoms with Gasteiger partial charge in [0.05, 0.1) is 10.8 Å². The molecule has 37 heavy (non-hydrogen) atoms. The van der Waals surface area contributed by atoms with Crippen LogP contribution in [0.1, 0.15) is 35.4 Å². The van der Waals surface area contributed by atoms with E-state index >= 15 is 0 Å². The third-order valence-corrected chi connectivity index (χ3v) is 7.88. The number of fused-ring (bicyclic) bond motifs is 1. The third kappa shape index (κ3) is 6.83. The predicted octanol–water partition coefficient (Wildman–Crippen LogP) is 6.07. The highest BCUT2D eigenvalue weighted by molar-refractivity contribution is 7.89. The number of halogens is 1. The zero-order valence-corrected chi connectivity index (χ0v) is 21.6. The maximum Gasteiger partial charge on any atom is 0.311 e. The molecule has 0 amide bonds. The molecule has 6 nitrogen and oxygen atoms in total. The van der Waals surface area contributed by atoms with Crippen molar-refractivity contribution < 1.29 is 18.3 Å². The van der Waals surface area contributed by atoms with Crippen LogP contribution in [0.3, 0.4) is 0 Å². The minimum absolute atomic E-state index is 0.152. The van der Waals surface area contributed by atoms with Gasteiger partial charge in [-0.05, 0) is 77.1 Å². The van der Waals surface area contributed by atoms with E-state index in [-0.39, 0.29) is 11.4 Å². The van der Waals surface area contributed by atoms with E-state index in [1.54, 1.807) is 12.4 Å². The molecule has 0 aliphatic carbocycles. The van der Waals surface area contributed by atoms with Crippen LogP contribution in [0.25, 0.3) is 16.8 Å². The Hall–Kier alpha value is -3.52. The van der Waals surface area contributed by atoms with Gasteiger partial charge in [0.2, 0.25) is 10.0 Å². The summed E-state index contributed by atoms with van der Waals surface area (Å²) in [5.41, 5.74) is 2.66. The van der Waals surface area contributed by atoms with Crippen molar-refractivity contribution in [2.45, 2.75) is 30.1 Å². The molecule has 4 aromatic rings. The van der Waals surface area contributed by atoms with Crippen molar-refractivity contribution in [2.24, 2.45) is 0 Å². The number of sulfonamides is 1. The van der Waals surface area contributed by atoms with Crippen molar-refractivity contribution in [3.8, 4) is 0 Å². The fraction of sp³-hybridized carbons (Fsp3) is 0.172. The molecule has 1 aromatic heterocycles. The van der Waals surface area contributed by atoms with Gasteiger partial charge in [-0.25, -0.2) is 13.1 Å². The average molecular weight is 535 g/mol. The molecule has 0 bridgehead atoms.